The Balaban J connectivity index is 1.67. The number of halogens is 1. The van der Waals surface area contributed by atoms with Crippen LogP contribution in [0.3, 0.4) is 0 Å². The summed E-state index contributed by atoms with van der Waals surface area (Å²) < 4.78 is 5.61. The van der Waals surface area contributed by atoms with Gasteiger partial charge in [0, 0.05) is 24.6 Å². The van der Waals surface area contributed by atoms with Gasteiger partial charge in [-0.15, -0.1) is 0 Å². The summed E-state index contributed by atoms with van der Waals surface area (Å²) in [6.07, 6.45) is 4.73. The molecule has 1 saturated carbocycles. The smallest absolute Gasteiger partial charge is 0.262 e. The van der Waals surface area contributed by atoms with Crippen molar-refractivity contribution in [2.45, 2.75) is 43.7 Å². The van der Waals surface area contributed by atoms with Crippen molar-refractivity contribution in [3.63, 3.8) is 0 Å². The molecule has 156 valence electrons. The molecule has 0 radical (unpaired) electrons. The lowest BCUT2D eigenvalue weighted by Crippen LogP contribution is -2.51. The van der Waals surface area contributed by atoms with Crippen molar-refractivity contribution in [1.82, 2.24) is 4.90 Å². The third-order valence-corrected chi connectivity index (χ3v) is 7.65. The second-order valence-electron chi connectivity index (χ2n) is 8.82. The fourth-order valence-corrected chi connectivity index (χ4v) is 5.96. The van der Waals surface area contributed by atoms with Crippen LogP contribution in [-0.2, 0) is 21.5 Å². The first-order valence-corrected chi connectivity index (χ1v) is 10.8. The number of hydrogen-bond donors (Lipinski definition) is 1. The number of aliphatic imine (C=N–C) groups is 1. The third kappa shape index (κ3) is 2.58. The average Bonchev–Trinajstić information content (AvgIpc) is 3.15. The first-order valence-electron chi connectivity index (χ1n) is 10.5. The molecule has 1 atom stereocenters. The maximum absolute atomic E-state index is 13.7. The van der Waals surface area contributed by atoms with Crippen molar-refractivity contribution in [2.75, 3.05) is 14.2 Å². The van der Waals surface area contributed by atoms with Gasteiger partial charge < -0.3 is 10.5 Å². The molecule has 30 heavy (non-hydrogen) atoms. The monoisotopic (exact) mass is 423 g/mol. The molecule has 3 aliphatic rings. The molecule has 1 fully saturated rings. The summed E-state index contributed by atoms with van der Waals surface area (Å²) in [5.74, 6) is 0.284. The van der Waals surface area contributed by atoms with Crippen LogP contribution in [0.25, 0.3) is 11.1 Å². The number of hydrogen-bond acceptors (Lipinski definition) is 4. The lowest BCUT2D eigenvalue weighted by Gasteiger charge is -2.45. The number of ether oxygens (including phenoxy) is 1. The Morgan fingerprint density at radius 2 is 1.90 bits per heavy atom. The molecule has 1 heterocycles. The molecule has 5 rings (SSSR count). The second kappa shape index (κ2) is 6.82. The van der Waals surface area contributed by atoms with Crippen molar-refractivity contribution in [1.29, 1.82) is 0 Å². The highest BCUT2D eigenvalue weighted by Gasteiger charge is 2.66. The molecule has 0 unspecified atom stereocenters. The van der Waals surface area contributed by atoms with Crippen LogP contribution >= 0.6 is 11.6 Å². The van der Waals surface area contributed by atoms with Crippen molar-refractivity contribution < 1.29 is 9.53 Å². The molecule has 0 aromatic heterocycles. The number of benzene rings is 2. The van der Waals surface area contributed by atoms with E-state index in [9.17, 15) is 4.79 Å². The van der Waals surface area contributed by atoms with Gasteiger partial charge in [-0.25, -0.2) is 4.99 Å². The van der Waals surface area contributed by atoms with Crippen molar-refractivity contribution >= 4 is 23.5 Å². The fourth-order valence-electron chi connectivity index (χ4n) is 5.77. The highest BCUT2D eigenvalue weighted by molar-refractivity contribution is 6.30. The van der Waals surface area contributed by atoms with Gasteiger partial charge in [-0.05, 0) is 72.6 Å². The van der Waals surface area contributed by atoms with E-state index in [1.54, 1.807) is 14.2 Å². The summed E-state index contributed by atoms with van der Waals surface area (Å²) >= 11 is 6.23. The molecule has 2 aromatic rings. The Kier molecular flexibility index (Phi) is 4.46. The van der Waals surface area contributed by atoms with E-state index in [0.29, 0.717) is 11.0 Å². The lowest BCUT2D eigenvalue weighted by molar-refractivity contribution is -0.137. The van der Waals surface area contributed by atoms with Gasteiger partial charge in [0.05, 0.1) is 6.10 Å². The zero-order valence-corrected chi connectivity index (χ0v) is 18.1. The number of nitrogens with two attached hydrogens (primary N) is 1. The molecule has 2 N–H and O–H groups in total. The maximum atomic E-state index is 13.7. The van der Waals surface area contributed by atoms with Gasteiger partial charge >= 0.3 is 0 Å². The van der Waals surface area contributed by atoms with Crippen LogP contribution < -0.4 is 5.73 Å². The van der Waals surface area contributed by atoms with E-state index in [1.807, 2.05) is 24.3 Å². The summed E-state index contributed by atoms with van der Waals surface area (Å²) in [6.45, 7) is 0. The summed E-state index contributed by atoms with van der Waals surface area (Å²) in [7, 11) is 3.49. The zero-order valence-electron chi connectivity index (χ0n) is 17.3. The normalized spacial score (nSPS) is 30.2. The number of fused-ring (bicyclic) bond motifs is 3. The third-order valence-electron chi connectivity index (χ3n) is 7.42. The Labute approximate surface area is 181 Å². The number of amides is 1. The van der Waals surface area contributed by atoms with E-state index in [-0.39, 0.29) is 17.4 Å². The molecule has 1 aliphatic heterocycles. The first kappa shape index (κ1) is 19.6. The Hall–Kier alpha value is -2.37. The van der Waals surface area contributed by atoms with Gasteiger partial charge in [-0.2, -0.15) is 0 Å². The Morgan fingerprint density at radius 1 is 1.17 bits per heavy atom. The number of rotatable bonds is 2. The minimum atomic E-state index is -0.950. The number of carbonyl (C=O) groups excluding carboxylic acids is 1. The maximum Gasteiger partial charge on any atom is 0.262 e. The van der Waals surface area contributed by atoms with Crippen LogP contribution in [0.4, 0.5) is 0 Å². The number of guanidine groups is 1. The first-order chi connectivity index (χ1) is 14.4. The van der Waals surface area contributed by atoms with Gasteiger partial charge in [-0.3, -0.25) is 9.69 Å². The molecular weight excluding hydrogens is 398 g/mol. The number of likely N-dealkylation sites (N-methyl/N-ethyl adjacent to an activating group) is 1. The van der Waals surface area contributed by atoms with Gasteiger partial charge in [0.25, 0.3) is 5.91 Å². The average molecular weight is 424 g/mol. The van der Waals surface area contributed by atoms with Crippen molar-refractivity contribution in [2.24, 2.45) is 16.1 Å². The highest BCUT2D eigenvalue weighted by atomic mass is 35.5. The van der Waals surface area contributed by atoms with Crippen LogP contribution in [0.5, 0.6) is 0 Å². The molecule has 2 aliphatic carbocycles. The minimum Gasteiger partial charge on any atom is -0.381 e. The standard InChI is InChI=1S/C24H26ClN3O2/c1-28-21(29)24(27-22(28)26)20-13-16(15-4-3-5-18(25)12-15)6-7-17(20)14-23(24)10-8-19(30-2)9-11-23/h3-7,12-13,19H,8-11,14H2,1-2H3,(H2,26,27)/t19?,23?,24-/m1/s1. The van der Waals surface area contributed by atoms with Crippen molar-refractivity contribution in [3.8, 4) is 11.1 Å². The fraction of sp³-hybridized carbons (Fsp3) is 0.417. The van der Waals surface area contributed by atoms with E-state index in [1.165, 1.54) is 10.5 Å². The molecule has 2 aromatic carbocycles. The summed E-state index contributed by atoms with van der Waals surface area (Å²) in [4.78, 5) is 20.1. The van der Waals surface area contributed by atoms with Crippen LogP contribution in [0.2, 0.25) is 5.02 Å². The van der Waals surface area contributed by atoms with Gasteiger partial charge in [0.1, 0.15) is 0 Å². The molecular formula is C24H26ClN3O2. The predicted octanol–water partition coefficient (Wildman–Crippen LogP) is 4.12. The van der Waals surface area contributed by atoms with Gasteiger partial charge in [-0.1, -0.05) is 35.9 Å². The SMILES string of the molecule is COC1CCC2(CC1)Cc1ccc(-c3cccc(Cl)c3)cc1[C@]21N=C(N)N(C)C1=O. The van der Waals surface area contributed by atoms with Crippen LogP contribution in [0.15, 0.2) is 47.5 Å². The van der Waals surface area contributed by atoms with Gasteiger partial charge in [0.15, 0.2) is 11.5 Å². The predicted molar refractivity (Wildman–Crippen MR) is 118 cm³/mol. The number of methoxy groups -OCH3 is 1. The number of nitrogens with zero attached hydrogens (tertiary/aromatic N) is 2. The molecule has 0 bridgehead atoms. The van der Waals surface area contributed by atoms with Crippen LogP contribution in [0.1, 0.15) is 36.8 Å². The second-order valence-corrected chi connectivity index (χ2v) is 9.26. The molecule has 6 heteroatoms. The molecule has 5 nitrogen and oxygen atoms in total. The largest absolute Gasteiger partial charge is 0.381 e. The summed E-state index contributed by atoms with van der Waals surface area (Å²) in [5, 5.41) is 0.691. The molecule has 0 saturated heterocycles. The molecule has 1 amide bonds. The summed E-state index contributed by atoms with van der Waals surface area (Å²) in [6, 6.07) is 14.2. The van der Waals surface area contributed by atoms with Crippen molar-refractivity contribution in [3.05, 3.63) is 58.6 Å². The topological polar surface area (TPSA) is 67.9 Å². The van der Waals surface area contributed by atoms with Crippen LogP contribution in [-0.4, -0.2) is 37.0 Å². The van der Waals surface area contributed by atoms with Crippen LogP contribution in [0, 0.1) is 5.41 Å². The van der Waals surface area contributed by atoms with E-state index in [2.05, 4.69) is 18.2 Å². The quantitative estimate of drug-likeness (QED) is 0.789. The Bertz CT molecular complexity index is 1060. The van der Waals surface area contributed by atoms with E-state index < -0.39 is 5.54 Å². The summed E-state index contributed by atoms with van der Waals surface area (Å²) in [5.41, 5.74) is 9.25. The van der Waals surface area contributed by atoms with Gasteiger partial charge in [0.2, 0.25) is 0 Å². The minimum absolute atomic E-state index is 0.0159. The zero-order chi connectivity index (χ0) is 21.1. The lowest BCUT2D eigenvalue weighted by atomic mass is 9.61. The van der Waals surface area contributed by atoms with E-state index >= 15 is 0 Å². The number of carbonyl (C=O) groups is 1. The molecule has 2 spiro atoms. The highest BCUT2D eigenvalue weighted by Crippen LogP contribution is 2.62. The Morgan fingerprint density at radius 3 is 2.53 bits per heavy atom. The van der Waals surface area contributed by atoms with E-state index in [0.717, 1.165) is 48.8 Å². The van der Waals surface area contributed by atoms with E-state index in [4.69, 9.17) is 27.1 Å².